The molecule has 1 aliphatic rings. The molecule has 1 fully saturated rings. The number of nitrogens with one attached hydrogen (secondary N) is 1. The maximum Gasteiger partial charge on any atom is 0.131 e. The predicted octanol–water partition coefficient (Wildman–Crippen LogP) is 0.717. The zero-order valence-electron chi connectivity index (χ0n) is 12.3. The summed E-state index contributed by atoms with van der Waals surface area (Å²) < 4.78 is 1.73. The highest BCUT2D eigenvalue weighted by molar-refractivity contribution is 6.30. The lowest BCUT2D eigenvalue weighted by Gasteiger charge is -2.37. The van der Waals surface area contributed by atoms with E-state index in [0.29, 0.717) is 6.04 Å². The minimum atomic E-state index is 0.564. The molecule has 0 bridgehead atoms. The number of nitrogens with zero attached hydrogens (tertiary/aromatic N) is 4. The molecule has 1 aromatic heterocycles. The minimum absolute atomic E-state index is 0.564. The summed E-state index contributed by atoms with van der Waals surface area (Å²) in [6.07, 6.45) is 0. The highest BCUT2D eigenvalue weighted by atomic mass is 35.5. The number of piperazine rings is 1. The van der Waals surface area contributed by atoms with Crippen LogP contribution in [0.1, 0.15) is 11.3 Å². The first-order valence-corrected chi connectivity index (χ1v) is 7.14. The smallest absolute Gasteiger partial charge is 0.131 e. The topological polar surface area (TPSA) is 36.3 Å². The second-order valence-electron chi connectivity index (χ2n) is 5.51. The lowest BCUT2D eigenvalue weighted by molar-refractivity contribution is 0.113. The Hall–Kier alpha value is -0.620. The van der Waals surface area contributed by atoms with E-state index in [2.05, 4.69) is 34.3 Å². The van der Waals surface area contributed by atoms with Gasteiger partial charge in [0.2, 0.25) is 0 Å². The fraction of sp³-hybridized carbons (Fsp3) is 0.769. The summed E-state index contributed by atoms with van der Waals surface area (Å²) in [4.78, 5) is 4.80. The molecule has 0 radical (unpaired) electrons. The number of hydrogen-bond acceptors (Lipinski definition) is 4. The molecule has 0 aromatic carbocycles. The summed E-state index contributed by atoms with van der Waals surface area (Å²) >= 11 is 6.23. The van der Waals surface area contributed by atoms with Crippen molar-refractivity contribution in [3.8, 4) is 0 Å². The van der Waals surface area contributed by atoms with Crippen molar-refractivity contribution >= 4 is 11.6 Å². The molecule has 0 spiro atoms. The zero-order valence-corrected chi connectivity index (χ0v) is 13.0. The van der Waals surface area contributed by atoms with Crippen LogP contribution in [0.5, 0.6) is 0 Å². The summed E-state index contributed by atoms with van der Waals surface area (Å²) in [6.45, 7) is 7.17. The first-order valence-electron chi connectivity index (χ1n) is 6.76. The molecule has 1 N–H and O–H groups in total. The number of halogens is 1. The summed E-state index contributed by atoms with van der Waals surface area (Å²) in [7, 11) is 6.26. The number of rotatable bonds is 4. The van der Waals surface area contributed by atoms with Gasteiger partial charge in [-0.25, -0.2) is 0 Å². The third-order valence-electron chi connectivity index (χ3n) is 3.93. The average Bonchev–Trinajstić information content (AvgIpc) is 2.60. The number of aryl methyl sites for hydroxylation is 2. The SMILES string of the molecule is Cc1nn(C)c(Cl)c1CNCC1CN(C)CCN1C. The van der Waals surface area contributed by atoms with Gasteiger partial charge in [0.1, 0.15) is 5.15 Å². The van der Waals surface area contributed by atoms with Gasteiger partial charge >= 0.3 is 0 Å². The molecular formula is C13H24ClN5. The Balaban J connectivity index is 1.86. The molecule has 2 rings (SSSR count). The molecule has 1 saturated heterocycles. The van der Waals surface area contributed by atoms with E-state index in [9.17, 15) is 0 Å². The van der Waals surface area contributed by atoms with E-state index in [-0.39, 0.29) is 0 Å². The van der Waals surface area contributed by atoms with Crippen molar-refractivity contribution in [2.45, 2.75) is 19.5 Å². The minimum Gasteiger partial charge on any atom is -0.311 e. The van der Waals surface area contributed by atoms with Crippen molar-refractivity contribution in [3.63, 3.8) is 0 Å². The molecule has 5 nitrogen and oxygen atoms in total. The Labute approximate surface area is 120 Å². The van der Waals surface area contributed by atoms with Gasteiger partial charge in [0, 0.05) is 51.4 Å². The van der Waals surface area contributed by atoms with Gasteiger partial charge in [-0.3, -0.25) is 9.58 Å². The van der Waals surface area contributed by atoms with Gasteiger partial charge < -0.3 is 10.2 Å². The summed E-state index contributed by atoms with van der Waals surface area (Å²) in [5, 5.41) is 8.58. The second-order valence-corrected chi connectivity index (χ2v) is 5.86. The second kappa shape index (κ2) is 6.22. The van der Waals surface area contributed by atoms with E-state index < -0.39 is 0 Å². The lowest BCUT2D eigenvalue weighted by Crippen LogP contribution is -2.53. The van der Waals surface area contributed by atoms with E-state index in [1.54, 1.807) is 4.68 Å². The Bertz CT molecular complexity index is 431. The molecular weight excluding hydrogens is 262 g/mol. The molecule has 108 valence electrons. The maximum absolute atomic E-state index is 6.23. The average molecular weight is 286 g/mol. The molecule has 0 amide bonds. The molecule has 19 heavy (non-hydrogen) atoms. The van der Waals surface area contributed by atoms with Gasteiger partial charge in [-0.05, 0) is 21.0 Å². The summed E-state index contributed by atoms with van der Waals surface area (Å²) in [5.74, 6) is 0. The summed E-state index contributed by atoms with van der Waals surface area (Å²) in [5.41, 5.74) is 2.12. The standard InChI is InChI=1S/C13H24ClN5/c1-10-12(13(14)19(4)16-10)8-15-7-11-9-17(2)5-6-18(11)3/h11,15H,5-9H2,1-4H3. The molecule has 0 aliphatic carbocycles. The quantitative estimate of drug-likeness (QED) is 0.884. The molecule has 6 heteroatoms. The molecule has 1 unspecified atom stereocenters. The largest absolute Gasteiger partial charge is 0.311 e. The fourth-order valence-electron chi connectivity index (χ4n) is 2.56. The molecule has 1 atom stereocenters. The van der Waals surface area contributed by atoms with Crippen LogP contribution in [-0.2, 0) is 13.6 Å². The van der Waals surface area contributed by atoms with E-state index in [4.69, 9.17) is 11.6 Å². The Morgan fingerprint density at radius 1 is 1.32 bits per heavy atom. The van der Waals surface area contributed by atoms with Crippen molar-refractivity contribution in [2.75, 3.05) is 40.3 Å². The Morgan fingerprint density at radius 3 is 2.68 bits per heavy atom. The lowest BCUT2D eigenvalue weighted by atomic mass is 10.2. The van der Waals surface area contributed by atoms with Crippen molar-refractivity contribution in [2.24, 2.45) is 7.05 Å². The third-order valence-corrected chi connectivity index (χ3v) is 4.40. The van der Waals surface area contributed by atoms with Crippen LogP contribution in [0, 0.1) is 6.92 Å². The summed E-state index contributed by atoms with van der Waals surface area (Å²) in [6, 6.07) is 0.564. The first kappa shape index (κ1) is 14.8. The number of aromatic nitrogens is 2. The Morgan fingerprint density at radius 2 is 2.05 bits per heavy atom. The van der Waals surface area contributed by atoms with Gasteiger partial charge in [0.25, 0.3) is 0 Å². The van der Waals surface area contributed by atoms with Gasteiger partial charge in [-0.1, -0.05) is 11.6 Å². The van der Waals surface area contributed by atoms with Gasteiger partial charge in [-0.15, -0.1) is 0 Å². The highest BCUT2D eigenvalue weighted by Crippen LogP contribution is 2.18. The number of hydrogen-bond donors (Lipinski definition) is 1. The van der Waals surface area contributed by atoms with Gasteiger partial charge in [0.05, 0.1) is 5.69 Å². The van der Waals surface area contributed by atoms with Crippen molar-refractivity contribution in [1.29, 1.82) is 0 Å². The van der Waals surface area contributed by atoms with Crippen LogP contribution < -0.4 is 5.32 Å². The van der Waals surface area contributed by atoms with Crippen LogP contribution in [0.25, 0.3) is 0 Å². The fourth-order valence-corrected chi connectivity index (χ4v) is 2.80. The predicted molar refractivity (Wildman–Crippen MR) is 78.6 cm³/mol. The molecule has 1 aromatic rings. The van der Waals surface area contributed by atoms with Crippen LogP contribution in [-0.4, -0.2) is 65.9 Å². The Kier molecular flexibility index (Phi) is 4.84. The molecule has 0 saturated carbocycles. The van der Waals surface area contributed by atoms with Gasteiger partial charge in [0.15, 0.2) is 0 Å². The van der Waals surface area contributed by atoms with E-state index in [1.807, 2.05) is 14.0 Å². The van der Waals surface area contributed by atoms with Crippen LogP contribution in [0.15, 0.2) is 0 Å². The molecule has 2 heterocycles. The first-order chi connectivity index (χ1) is 8.99. The highest BCUT2D eigenvalue weighted by Gasteiger charge is 2.21. The maximum atomic E-state index is 6.23. The third kappa shape index (κ3) is 3.48. The van der Waals surface area contributed by atoms with Crippen LogP contribution in [0.4, 0.5) is 0 Å². The monoisotopic (exact) mass is 285 g/mol. The number of likely N-dealkylation sites (N-methyl/N-ethyl adjacent to an activating group) is 2. The van der Waals surface area contributed by atoms with Crippen molar-refractivity contribution in [3.05, 3.63) is 16.4 Å². The van der Waals surface area contributed by atoms with E-state index >= 15 is 0 Å². The van der Waals surface area contributed by atoms with E-state index in [1.165, 1.54) is 0 Å². The van der Waals surface area contributed by atoms with Crippen molar-refractivity contribution in [1.82, 2.24) is 24.9 Å². The zero-order chi connectivity index (χ0) is 14.0. The van der Waals surface area contributed by atoms with Crippen LogP contribution in [0.2, 0.25) is 5.15 Å². The van der Waals surface area contributed by atoms with Crippen molar-refractivity contribution < 1.29 is 0 Å². The normalized spacial score (nSPS) is 22.1. The van der Waals surface area contributed by atoms with E-state index in [0.717, 1.165) is 49.1 Å². The molecule has 1 aliphatic heterocycles. The van der Waals surface area contributed by atoms with Crippen LogP contribution >= 0.6 is 11.6 Å². The van der Waals surface area contributed by atoms with Gasteiger partial charge in [-0.2, -0.15) is 5.10 Å². The van der Waals surface area contributed by atoms with Crippen LogP contribution in [0.3, 0.4) is 0 Å².